The average Bonchev–Trinajstić information content (AvgIpc) is 3.40. The summed E-state index contributed by atoms with van der Waals surface area (Å²) in [6.07, 6.45) is -4.00. The van der Waals surface area contributed by atoms with E-state index in [1.165, 1.54) is 11.8 Å². The number of nitrogens with two attached hydrogens (primary N) is 1. The minimum atomic E-state index is -5.08. The van der Waals surface area contributed by atoms with Crippen LogP contribution in [0.25, 0.3) is 0 Å². The molecule has 4 atom stereocenters. The Bertz CT molecular complexity index is 1200. The summed E-state index contributed by atoms with van der Waals surface area (Å²) in [5.74, 6) is -3.98. The lowest BCUT2D eigenvalue weighted by Gasteiger charge is -2.24. The van der Waals surface area contributed by atoms with E-state index in [1.807, 2.05) is 23.3 Å². The molecule has 48 heavy (non-hydrogen) atoms. The lowest BCUT2D eigenvalue weighted by molar-refractivity contribution is -0.193. The summed E-state index contributed by atoms with van der Waals surface area (Å²) in [5, 5.41) is 26.5. The highest BCUT2D eigenvalue weighted by Gasteiger charge is 2.40. The summed E-state index contributed by atoms with van der Waals surface area (Å²) in [6.45, 7) is 0.976. The standard InChI is InChI=1S/C23H35N3O6S2.2C2HF3O2/c1-30-20-7-6-16(12-21(20)31-2)32-17-11-19(26(13-17)9-4-5-15(24)14-33)22(27)25-18(23(28)29)8-10-34-3;2*3-2(4,5)1(6)7/h4-7,12,15,17-19,33H,8-11,13-14,24H2,1-3H3,(H,25,27)(H,28,29);2*(H,6,7)/b5-4+;;/t15-,17+,18-,19-;;/m1../s1. The van der Waals surface area contributed by atoms with Crippen molar-refractivity contribution < 1.29 is 75.1 Å². The Morgan fingerprint density at radius 2 is 1.60 bits per heavy atom. The van der Waals surface area contributed by atoms with Crippen LogP contribution in [0.5, 0.6) is 17.2 Å². The fourth-order valence-corrected chi connectivity index (χ4v) is 4.29. The zero-order valence-electron chi connectivity index (χ0n) is 25.8. The van der Waals surface area contributed by atoms with E-state index in [0.717, 1.165) is 0 Å². The fraction of sp³-hybridized carbons (Fsp3) is 0.556. The Morgan fingerprint density at radius 1 is 1.06 bits per heavy atom. The Labute approximate surface area is 281 Å². The van der Waals surface area contributed by atoms with Gasteiger partial charge in [0.15, 0.2) is 11.5 Å². The topological polar surface area (TPSA) is 198 Å². The number of amides is 1. The molecule has 0 aliphatic carbocycles. The molecule has 2 rings (SSSR count). The first-order valence-corrected chi connectivity index (χ1v) is 15.5. The van der Waals surface area contributed by atoms with Crippen LogP contribution in [-0.2, 0) is 19.2 Å². The van der Waals surface area contributed by atoms with Gasteiger partial charge in [-0.1, -0.05) is 12.2 Å². The Hall–Kier alpha value is -3.56. The number of thiol groups is 1. The highest BCUT2D eigenvalue weighted by atomic mass is 32.2. The highest BCUT2D eigenvalue weighted by molar-refractivity contribution is 7.98. The van der Waals surface area contributed by atoms with Gasteiger partial charge in [0.2, 0.25) is 5.91 Å². The van der Waals surface area contributed by atoms with Gasteiger partial charge in [0.25, 0.3) is 0 Å². The van der Waals surface area contributed by atoms with Crippen molar-refractivity contribution in [2.24, 2.45) is 5.73 Å². The number of alkyl halides is 6. The first-order chi connectivity index (χ1) is 22.2. The van der Waals surface area contributed by atoms with E-state index in [2.05, 4.69) is 17.9 Å². The van der Waals surface area contributed by atoms with E-state index >= 15 is 0 Å². The summed E-state index contributed by atoms with van der Waals surface area (Å²) in [7, 11) is 3.12. The molecular weight excluding hydrogens is 704 g/mol. The minimum absolute atomic E-state index is 0.181. The third-order valence-electron chi connectivity index (χ3n) is 5.97. The van der Waals surface area contributed by atoms with Crippen LogP contribution in [0.4, 0.5) is 26.3 Å². The maximum Gasteiger partial charge on any atom is 0.490 e. The summed E-state index contributed by atoms with van der Waals surface area (Å²) in [6, 6.07) is 3.65. The second-order valence-corrected chi connectivity index (χ2v) is 10.9. The second kappa shape index (κ2) is 21.4. The molecule has 13 nitrogen and oxygen atoms in total. The van der Waals surface area contributed by atoms with E-state index in [0.29, 0.717) is 54.7 Å². The summed E-state index contributed by atoms with van der Waals surface area (Å²) >= 11 is 5.72. The van der Waals surface area contributed by atoms with Crippen molar-refractivity contribution in [1.82, 2.24) is 10.2 Å². The van der Waals surface area contributed by atoms with Gasteiger partial charge in [-0.15, -0.1) is 0 Å². The molecule has 0 aromatic heterocycles. The average molecular weight is 742 g/mol. The van der Waals surface area contributed by atoms with Gasteiger partial charge in [-0.2, -0.15) is 50.7 Å². The number of ether oxygens (including phenoxy) is 3. The maximum atomic E-state index is 13.1. The normalized spacial score (nSPS) is 17.6. The predicted octanol–water partition coefficient (Wildman–Crippen LogP) is 2.93. The monoisotopic (exact) mass is 741 g/mol. The fourth-order valence-electron chi connectivity index (χ4n) is 3.70. The number of nitrogens with one attached hydrogen (secondary N) is 1. The number of carbonyl (C=O) groups is 4. The number of carboxylic acid groups (broad SMARTS) is 3. The smallest absolute Gasteiger partial charge is 0.490 e. The quantitative estimate of drug-likeness (QED) is 0.0926. The zero-order chi connectivity index (χ0) is 37.2. The lowest BCUT2D eigenvalue weighted by Crippen LogP contribution is -2.49. The number of halogens is 6. The Morgan fingerprint density at radius 3 is 2.04 bits per heavy atom. The third-order valence-corrected chi connectivity index (χ3v) is 7.04. The van der Waals surface area contributed by atoms with E-state index < -0.39 is 42.3 Å². The molecule has 0 spiro atoms. The molecule has 0 saturated carbocycles. The molecule has 1 aromatic carbocycles. The van der Waals surface area contributed by atoms with Gasteiger partial charge in [0.1, 0.15) is 17.9 Å². The number of nitrogens with zero attached hydrogens (tertiary/aromatic N) is 1. The SMILES string of the molecule is COc1ccc(O[C@H]2C[C@H](C(=O)N[C@H](CCSC)C(=O)O)N(C/C=C/[C@@H](N)CS)C2)cc1OC.O=C(O)C(F)(F)F.O=C(O)C(F)(F)F. The van der Waals surface area contributed by atoms with Crippen LogP contribution in [0.1, 0.15) is 12.8 Å². The number of benzene rings is 1. The van der Waals surface area contributed by atoms with Gasteiger partial charge < -0.3 is 40.6 Å². The number of rotatable bonds is 14. The van der Waals surface area contributed by atoms with Crippen molar-refractivity contribution in [2.75, 3.05) is 45.1 Å². The van der Waals surface area contributed by atoms with E-state index in [1.54, 1.807) is 32.4 Å². The Kier molecular flexibility index (Phi) is 19.8. The second-order valence-electron chi connectivity index (χ2n) is 9.52. The lowest BCUT2D eigenvalue weighted by atomic mass is 10.1. The number of aliphatic carboxylic acids is 3. The minimum Gasteiger partial charge on any atom is -0.493 e. The molecule has 1 amide bonds. The highest BCUT2D eigenvalue weighted by Crippen LogP contribution is 2.32. The molecule has 1 aliphatic rings. The van der Waals surface area contributed by atoms with Crippen molar-refractivity contribution in [2.45, 2.75) is 49.4 Å². The van der Waals surface area contributed by atoms with Gasteiger partial charge in [-0.05, 0) is 30.6 Å². The first-order valence-electron chi connectivity index (χ1n) is 13.5. The Balaban J connectivity index is 0.00000131. The van der Waals surface area contributed by atoms with Crippen LogP contribution in [0.2, 0.25) is 0 Å². The molecular formula is C27H37F6N3O10S2. The van der Waals surface area contributed by atoms with Gasteiger partial charge in [-0.3, -0.25) is 9.69 Å². The van der Waals surface area contributed by atoms with E-state index in [9.17, 15) is 41.0 Å². The molecule has 0 bridgehead atoms. The number of carbonyl (C=O) groups excluding carboxylic acids is 1. The van der Waals surface area contributed by atoms with E-state index in [4.69, 9.17) is 39.7 Å². The van der Waals surface area contributed by atoms with Crippen LogP contribution < -0.4 is 25.3 Å². The van der Waals surface area contributed by atoms with Crippen LogP contribution in [0.15, 0.2) is 30.4 Å². The van der Waals surface area contributed by atoms with Crippen LogP contribution in [-0.4, -0.2) is 126 Å². The molecule has 6 N–H and O–H groups in total. The maximum absolute atomic E-state index is 13.1. The van der Waals surface area contributed by atoms with Gasteiger partial charge >= 0.3 is 30.3 Å². The first kappa shape index (κ1) is 44.4. The number of methoxy groups -OCH3 is 2. The van der Waals surface area contributed by atoms with Crippen molar-refractivity contribution in [3.05, 3.63) is 30.4 Å². The van der Waals surface area contributed by atoms with Gasteiger partial charge in [-0.25, -0.2) is 14.4 Å². The van der Waals surface area contributed by atoms with Gasteiger partial charge in [0, 0.05) is 37.4 Å². The molecule has 0 unspecified atom stereocenters. The number of hydrogen-bond acceptors (Lipinski definition) is 11. The number of thioether (sulfide) groups is 1. The zero-order valence-corrected chi connectivity index (χ0v) is 27.5. The molecule has 1 saturated heterocycles. The van der Waals surface area contributed by atoms with E-state index in [-0.39, 0.29) is 18.1 Å². The van der Waals surface area contributed by atoms with Crippen molar-refractivity contribution in [3.63, 3.8) is 0 Å². The largest absolute Gasteiger partial charge is 0.493 e. The van der Waals surface area contributed by atoms with Crippen LogP contribution in [0.3, 0.4) is 0 Å². The summed E-state index contributed by atoms with van der Waals surface area (Å²) < 4.78 is 80.2. The molecule has 1 aliphatic heterocycles. The van der Waals surface area contributed by atoms with Crippen LogP contribution in [0, 0.1) is 0 Å². The molecule has 21 heteroatoms. The van der Waals surface area contributed by atoms with Crippen LogP contribution >= 0.6 is 24.4 Å². The molecule has 1 aromatic rings. The van der Waals surface area contributed by atoms with Crippen molar-refractivity contribution in [1.29, 1.82) is 0 Å². The van der Waals surface area contributed by atoms with Crippen molar-refractivity contribution in [3.8, 4) is 17.2 Å². The number of likely N-dealkylation sites (tertiary alicyclic amines) is 1. The summed E-state index contributed by atoms with van der Waals surface area (Å²) in [4.78, 5) is 44.5. The van der Waals surface area contributed by atoms with Gasteiger partial charge in [0.05, 0.1) is 20.3 Å². The number of carboxylic acids is 3. The molecule has 1 fully saturated rings. The predicted molar refractivity (Wildman–Crippen MR) is 165 cm³/mol. The summed E-state index contributed by atoms with van der Waals surface area (Å²) in [5.41, 5.74) is 5.90. The molecule has 274 valence electrons. The number of hydrogen-bond donors (Lipinski definition) is 6. The molecule has 1 heterocycles. The molecule has 0 radical (unpaired) electrons. The van der Waals surface area contributed by atoms with Crippen molar-refractivity contribution >= 4 is 48.2 Å². The third kappa shape index (κ3) is 17.0.